The highest BCUT2D eigenvalue weighted by molar-refractivity contribution is 7.09. The first-order valence-corrected chi connectivity index (χ1v) is 15.1. The van der Waals surface area contributed by atoms with Gasteiger partial charge >= 0.3 is 0 Å². The fourth-order valence-electron chi connectivity index (χ4n) is 3.16. The predicted molar refractivity (Wildman–Crippen MR) is 76.1 cm³/mol. The van der Waals surface area contributed by atoms with Gasteiger partial charge in [-0.15, -0.1) is 0 Å². The molecule has 0 bridgehead atoms. The third-order valence-corrected chi connectivity index (χ3v) is 23.5. The van der Waals surface area contributed by atoms with Crippen LogP contribution in [0.3, 0.4) is 0 Å². The van der Waals surface area contributed by atoms with Gasteiger partial charge in [0, 0.05) is 22.3 Å². The molecular weight excluding hydrogens is 236 g/mol. The molecule has 0 aromatic rings. The monoisotopic (exact) mass is 264 g/mol. The van der Waals surface area contributed by atoms with Crippen LogP contribution in [0.2, 0.25) is 50.6 Å². The highest BCUT2D eigenvalue weighted by Crippen LogP contribution is 2.40. The van der Waals surface area contributed by atoms with Gasteiger partial charge in [-0.25, -0.2) is 0 Å². The molecular formula is C10H28O2Si3. The predicted octanol–water partition coefficient (Wildman–Crippen LogP) is 3.48. The number of hydrogen-bond acceptors (Lipinski definition) is 2. The minimum atomic E-state index is -1.60. The first-order valence-electron chi connectivity index (χ1n) is 5.59. The Morgan fingerprint density at radius 3 is 1.07 bits per heavy atom. The molecule has 0 N–H and O–H groups in total. The van der Waals surface area contributed by atoms with Gasteiger partial charge in [0.2, 0.25) is 0 Å². The van der Waals surface area contributed by atoms with Crippen molar-refractivity contribution in [2.45, 2.75) is 50.6 Å². The maximum absolute atomic E-state index is 5.84. The maximum Gasteiger partial charge on any atom is 0.186 e. The molecule has 0 fully saturated rings. The Hall–Kier alpha value is 0.571. The Morgan fingerprint density at radius 1 is 0.667 bits per heavy atom. The summed E-state index contributed by atoms with van der Waals surface area (Å²) in [4.78, 5) is 0.729. The molecule has 0 saturated heterocycles. The average Bonchev–Trinajstić information content (AvgIpc) is 2.00. The highest BCUT2D eigenvalue weighted by Gasteiger charge is 2.52. The van der Waals surface area contributed by atoms with E-state index < -0.39 is 24.7 Å². The van der Waals surface area contributed by atoms with Crippen molar-refractivity contribution in [1.82, 2.24) is 0 Å². The lowest BCUT2D eigenvalue weighted by Gasteiger charge is -2.46. The second kappa shape index (κ2) is 4.83. The average molecular weight is 265 g/mol. The fourth-order valence-corrected chi connectivity index (χ4v) is 28.4. The molecule has 0 aliphatic heterocycles. The third-order valence-electron chi connectivity index (χ3n) is 3.31. The Balaban J connectivity index is 5.27. The van der Waals surface area contributed by atoms with Crippen molar-refractivity contribution in [3.8, 4) is 0 Å². The summed E-state index contributed by atoms with van der Waals surface area (Å²) in [5.74, 6) is 0. The summed E-state index contributed by atoms with van der Waals surface area (Å²) in [6.45, 7) is 16.7. The van der Waals surface area contributed by atoms with E-state index in [1.165, 1.54) is 0 Å². The van der Waals surface area contributed by atoms with E-state index in [1.807, 2.05) is 14.2 Å². The molecule has 92 valence electrons. The van der Waals surface area contributed by atoms with E-state index in [4.69, 9.17) is 8.85 Å². The Labute approximate surface area is 98.6 Å². The third kappa shape index (κ3) is 3.81. The minimum Gasteiger partial charge on any atom is -0.421 e. The summed E-state index contributed by atoms with van der Waals surface area (Å²) in [6, 6.07) is 0. The van der Waals surface area contributed by atoms with Crippen molar-refractivity contribution < 1.29 is 8.85 Å². The second-order valence-corrected chi connectivity index (χ2v) is 21.8. The molecule has 0 rings (SSSR count). The smallest absolute Gasteiger partial charge is 0.186 e. The highest BCUT2D eigenvalue weighted by atomic mass is 28.5. The quantitative estimate of drug-likeness (QED) is 0.708. The molecule has 5 heteroatoms. The van der Waals surface area contributed by atoms with Gasteiger partial charge in [-0.05, 0) is 31.0 Å². The lowest BCUT2D eigenvalue weighted by molar-refractivity contribution is 0.382. The zero-order valence-electron chi connectivity index (χ0n) is 11.9. The lowest BCUT2D eigenvalue weighted by atomic mass is 11.7. The summed E-state index contributed by atoms with van der Waals surface area (Å²) in [5.41, 5.74) is 0. The largest absolute Gasteiger partial charge is 0.421 e. The standard InChI is InChI=1S/C10H28O2Si3/c1-11-14(6,7)10(13(3,4)5)15(8,9)12-2/h10H,1-9H3. The van der Waals surface area contributed by atoms with Gasteiger partial charge in [-0.3, -0.25) is 0 Å². The molecule has 0 amide bonds. The molecule has 0 radical (unpaired) electrons. The van der Waals surface area contributed by atoms with Gasteiger partial charge < -0.3 is 8.85 Å². The molecule has 0 aliphatic rings. The van der Waals surface area contributed by atoms with E-state index in [-0.39, 0.29) is 0 Å². The SMILES string of the molecule is CO[Si](C)(C)C([Si](C)(C)C)[Si](C)(C)OC. The number of rotatable bonds is 5. The van der Waals surface area contributed by atoms with Crippen molar-refractivity contribution >= 4 is 24.7 Å². The molecule has 15 heavy (non-hydrogen) atoms. The molecule has 2 nitrogen and oxygen atoms in total. The summed E-state index contributed by atoms with van der Waals surface area (Å²) in [5, 5.41) is 0. The van der Waals surface area contributed by atoms with Crippen LogP contribution in [-0.4, -0.2) is 38.9 Å². The second-order valence-electron chi connectivity index (χ2n) is 6.41. The Kier molecular flexibility index (Phi) is 5.01. The molecule has 0 unspecified atom stereocenters. The van der Waals surface area contributed by atoms with Gasteiger partial charge in [-0.1, -0.05) is 19.6 Å². The Morgan fingerprint density at radius 2 is 0.933 bits per heavy atom. The van der Waals surface area contributed by atoms with Crippen LogP contribution < -0.4 is 0 Å². The van der Waals surface area contributed by atoms with E-state index >= 15 is 0 Å². The topological polar surface area (TPSA) is 18.5 Å². The molecule has 0 spiro atoms. The zero-order valence-corrected chi connectivity index (χ0v) is 14.9. The van der Waals surface area contributed by atoms with Crippen LogP contribution in [0.5, 0.6) is 0 Å². The molecule has 0 aromatic carbocycles. The molecule has 0 heterocycles. The summed E-state index contributed by atoms with van der Waals surface area (Å²) < 4.78 is 11.7. The van der Waals surface area contributed by atoms with Crippen molar-refractivity contribution in [3.63, 3.8) is 0 Å². The normalized spacial score (nSPS) is 14.8. The molecule has 0 saturated carbocycles. The first kappa shape index (κ1) is 15.6. The minimum absolute atomic E-state index is 0.729. The van der Waals surface area contributed by atoms with Crippen molar-refractivity contribution in [2.24, 2.45) is 0 Å². The molecule has 0 aromatic heterocycles. The number of hydrogen-bond donors (Lipinski definition) is 0. The van der Waals surface area contributed by atoms with E-state index in [0.717, 1.165) is 4.79 Å². The zero-order chi connectivity index (χ0) is 12.5. The van der Waals surface area contributed by atoms with Gasteiger partial charge in [0.15, 0.2) is 16.6 Å². The van der Waals surface area contributed by atoms with Gasteiger partial charge in [0.1, 0.15) is 0 Å². The van der Waals surface area contributed by atoms with Crippen molar-refractivity contribution in [2.75, 3.05) is 14.2 Å². The first-order chi connectivity index (χ1) is 6.49. The lowest BCUT2D eigenvalue weighted by Crippen LogP contribution is -2.59. The van der Waals surface area contributed by atoms with E-state index in [9.17, 15) is 0 Å². The van der Waals surface area contributed by atoms with E-state index in [1.54, 1.807) is 0 Å². The van der Waals surface area contributed by atoms with Crippen LogP contribution >= 0.6 is 0 Å². The van der Waals surface area contributed by atoms with Gasteiger partial charge in [0.05, 0.1) is 0 Å². The molecule has 0 atom stereocenters. The van der Waals surface area contributed by atoms with Gasteiger partial charge in [0.25, 0.3) is 0 Å². The summed E-state index contributed by atoms with van der Waals surface area (Å²) in [6.07, 6.45) is 0. The van der Waals surface area contributed by atoms with Crippen molar-refractivity contribution in [3.05, 3.63) is 0 Å². The van der Waals surface area contributed by atoms with Crippen LogP contribution in [0, 0.1) is 0 Å². The maximum atomic E-state index is 5.84. The van der Waals surface area contributed by atoms with Crippen molar-refractivity contribution in [1.29, 1.82) is 0 Å². The van der Waals surface area contributed by atoms with Crippen LogP contribution in [0.25, 0.3) is 0 Å². The fraction of sp³-hybridized carbons (Fsp3) is 1.00. The Bertz CT molecular complexity index is 193. The summed E-state index contributed by atoms with van der Waals surface area (Å²) >= 11 is 0. The summed E-state index contributed by atoms with van der Waals surface area (Å²) in [7, 11) is -0.677. The van der Waals surface area contributed by atoms with Crippen LogP contribution in [0.15, 0.2) is 0 Å². The van der Waals surface area contributed by atoms with E-state index in [2.05, 4.69) is 45.8 Å². The van der Waals surface area contributed by atoms with Gasteiger partial charge in [-0.2, -0.15) is 0 Å². The van der Waals surface area contributed by atoms with E-state index in [0.29, 0.717) is 0 Å². The molecule has 0 aliphatic carbocycles. The van der Waals surface area contributed by atoms with Crippen LogP contribution in [0.1, 0.15) is 0 Å². The van der Waals surface area contributed by atoms with Crippen LogP contribution in [0.4, 0.5) is 0 Å². The van der Waals surface area contributed by atoms with Crippen LogP contribution in [-0.2, 0) is 8.85 Å².